The molecule has 0 radical (unpaired) electrons. The highest BCUT2D eigenvalue weighted by atomic mass is 16.1. The molecular weight excluding hydrogens is 238 g/mol. The summed E-state index contributed by atoms with van der Waals surface area (Å²) in [7, 11) is 0. The van der Waals surface area contributed by atoms with Gasteiger partial charge >= 0.3 is 0 Å². The number of hydrogen-bond acceptors (Lipinski definition) is 3. The van der Waals surface area contributed by atoms with Crippen molar-refractivity contribution in [2.75, 3.05) is 13.1 Å². The summed E-state index contributed by atoms with van der Waals surface area (Å²) in [4.78, 5) is 11.9. The van der Waals surface area contributed by atoms with E-state index in [1.54, 1.807) is 0 Å². The lowest BCUT2D eigenvalue weighted by Crippen LogP contribution is -2.38. The maximum Gasteiger partial charge on any atom is 0.138 e. The van der Waals surface area contributed by atoms with E-state index in [-0.39, 0.29) is 5.92 Å². The fourth-order valence-corrected chi connectivity index (χ4v) is 2.81. The van der Waals surface area contributed by atoms with E-state index in [2.05, 4.69) is 29.5 Å². The van der Waals surface area contributed by atoms with E-state index >= 15 is 0 Å². The van der Waals surface area contributed by atoms with Crippen LogP contribution in [-0.2, 0) is 17.8 Å². The van der Waals surface area contributed by atoms with Gasteiger partial charge < -0.3 is 5.32 Å². The van der Waals surface area contributed by atoms with Crippen molar-refractivity contribution in [3.8, 4) is 0 Å². The van der Waals surface area contributed by atoms with Gasteiger partial charge in [-0.3, -0.25) is 9.48 Å². The Morgan fingerprint density at radius 2 is 2.26 bits per heavy atom. The van der Waals surface area contributed by atoms with E-state index in [1.807, 2.05) is 16.8 Å². The first kappa shape index (κ1) is 12.4. The number of carbonyl (C=O) groups is 1. The molecule has 1 atom stereocenters. The molecule has 19 heavy (non-hydrogen) atoms. The molecule has 1 unspecified atom stereocenters. The van der Waals surface area contributed by atoms with Crippen molar-refractivity contribution in [2.24, 2.45) is 5.92 Å². The zero-order valence-corrected chi connectivity index (χ0v) is 11.2. The Labute approximate surface area is 112 Å². The highest BCUT2D eigenvalue weighted by Gasteiger charge is 2.24. The van der Waals surface area contributed by atoms with Crippen LogP contribution in [0, 0.1) is 5.92 Å². The average Bonchev–Trinajstić information content (AvgIpc) is 2.80. The fraction of sp³-hybridized carbons (Fsp3) is 0.467. The van der Waals surface area contributed by atoms with Gasteiger partial charge in [-0.2, -0.15) is 5.10 Å². The monoisotopic (exact) mass is 257 g/mol. The Bertz CT molecular complexity index is 602. The topological polar surface area (TPSA) is 46.9 Å². The van der Waals surface area contributed by atoms with Crippen LogP contribution >= 0.6 is 0 Å². The number of Topliss-reactive ketones (excluding diaryl/α,β-unsaturated/α-hetero) is 1. The number of fused-ring (bicyclic) bond motifs is 1. The molecule has 0 saturated carbocycles. The molecule has 4 nitrogen and oxygen atoms in total. The van der Waals surface area contributed by atoms with Gasteiger partial charge in [0.25, 0.3) is 0 Å². The average molecular weight is 257 g/mol. The van der Waals surface area contributed by atoms with E-state index in [0.29, 0.717) is 12.2 Å². The molecule has 1 aromatic heterocycles. The van der Waals surface area contributed by atoms with Crippen LogP contribution in [0.1, 0.15) is 19.0 Å². The van der Waals surface area contributed by atoms with E-state index < -0.39 is 0 Å². The van der Waals surface area contributed by atoms with Crippen LogP contribution in [0.3, 0.4) is 0 Å². The first-order valence-electron chi connectivity index (χ1n) is 6.97. The molecule has 2 heterocycles. The van der Waals surface area contributed by atoms with Crippen LogP contribution in [-0.4, -0.2) is 28.7 Å². The molecule has 0 amide bonds. The van der Waals surface area contributed by atoms with Gasteiger partial charge in [0.1, 0.15) is 5.78 Å². The second-order valence-electron chi connectivity index (χ2n) is 5.10. The maximum absolute atomic E-state index is 11.9. The number of nitrogens with one attached hydrogen (secondary N) is 1. The van der Waals surface area contributed by atoms with Crippen molar-refractivity contribution < 1.29 is 4.79 Å². The fourth-order valence-electron chi connectivity index (χ4n) is 2.81. The number of carbonyl (C=O) groups excluding carboxylic acids is 1. The number of ketones is 1. The van der Waals surface area contributed by atoms with Crippen LogP contribution in [0.25, 0.3) is 10.9 Å². The number of nitrogens with zero attached hydrogens (tertiary/aromatic N) is 2. The molecule has 0 aliphatic carbocycles. The van der Waals surface area contributed by atoms with E-state index in [9.17, 15) is 4.79 Å². The van der Waals surface area contributed by atoms with E-state index in [4.69, 9.17) is 0 Å². The SMILES string of the molecule is CCn1nc(CC2CNCCC2=O)c2ccccc21. The highest BCUT2D eigenvalue weighted by Crippen LogP contribution is 2.22. The van der Waals surface area contributed by atoms with Gasteiger partial charge in [-0.1, -0.05) is 18.2 Å². The molecular formula is C15H19N3O. The third kappa shape index (κ3) is 2.28. The van der Waals surface area contributed by atoms with Crippen LogP contribution in [0.2, 0.25) is 0 Å². The smallest absolute Gasteiger partial charge is 0.138 e. The number of aromatic nitrogens is 2. The second-order valence-corrected chi connectivity index (χ2v) is 5.10. The van der Waals surface area contributed by atoms with Crippen molar-refractivity contribution in [2.45, 2.75) is 26.3 Å². The number of aryl methyl sites for hydroxylation is 1. The minimum Gasteiger partial charge on any atom is -0.316 e. The third-order valence-electron chi connectivity index (χ3n) is 3.87. The predicted molar refractivity (Wildman–Crippen MR) is 75.1 cm³/mol. The van der Waals surface area contributed by atoms with Gasteiger partial charge in [0, 0.05) is 43.8 Å². The molecule has 0 bridgehead atoms. The van der Waals surface area contributed by atoms with Crippen molar-refractivity contribution in [1.29, 1.82) is 0 Å². The van der Waals surface area contributed by atoms with Gasteiger partial charge in [0.2, 0.25) is 0 Å². The summed E-state index contributed by atoms with van der Waals surface area (Å²) in [5.74, 6) is 0.450. The standard InChI is InChI=1S/C15H19N3O/c1-2-18-14-6-4-3-5-12(14)13(17-18)9-11-10-16-8-7-15(11)19/h3-6,11,16H,2,7-10H2,1H3. The summed E-state index contributed by atoms with van der Waals surface area (Å²) in [6.45, 7) is 4.56. The molecule has 1 fully saturated rings. The summed E-state index contributed by atoms with van der Waals surface area (Å²) >= 11 is 0. The number of para-hydroxylation sites is 1. The molecule has 3 rings (SSSR count). The first-order valence-corrected chi connectivity index (χ1v) is 6.97. The largest absolute Gasteiger partial charge is 0.316 e. The summed E-state index contributed by atoms with van der Waals surface area (Å²) in [5.41, 5.74) is 2.22. The summed E-state index contributed by atoms with van der Waals surface area (Å²) < 4.78 is 2.02. The van der Waals surface area contributed by atoms with Crippen LogP contribution < -0.4 is 5.32 Å². The highest BCUT2D eigenvalue weighted by molar-refractivity contribution is 5.85. The minimum atomic E-state index is 0.0809. The molecule has 0 spiro atoms. The molecule has 1 aliphatic heterocycles. The normalized spacial score (nSPS) is 20.1. The lowest BCUT2D eigenvalue weighted by atomic mass is 9.92. The molecule has 1 N–H and O–H groups in total. The van der Waals surface area contributed by atoms with Gasteiger partial charge in [-0.25, -0.2) is 0 Å². The number of rotatable bonds is 3. The molecule has 100 valence electrons. The van der Waals surface area contributed by atoms with Crippen LogP contribution in [0.15, 0.2) is 24.3 Å². The van der Waals surface area contributed by atoms with Crippen molar-refractivity contribution in [3.05, 3.63) is 30.0 Å². The van der Waals surface area contributed by atoms with Gasteiger partial charge in [-0.05, 0) is 13.0 Å². The van der Waals surface area contributed by atoms with Crippen molar-refractivity contribution in [1.82, 2.24) is 15.1 Å². The number of piperidine rings is 1. The minimum absolute atomic E-state index is 0.0809. The zero-order chi connectivity index (χ0) is 13.2. The Hall–Kier alpha value is -1.68. The first-order chi connectivity index (χ1) is 9.29. The predicted octanol–water partition coefficient (Wildman–Crippen LogP) is 1.78. The summed E-state index contributed by atoms with van der Waals surface area (Å²) in [6, 6.07) is 8.27. The van der Waals surface area contributed by atoms with E-state index in [1.165, 1.54) is 5.39 Å². The Balaban J connectivity index is 1.94. The van der Waals surface area contributed by atoms with E-state index in [0.717, 1.165) is 37.3 Å². The van der Waals surface area contributed by atoms with Crippen LogP contribution in [0.5, 0.6) is 0 Å². The lowest BCUT2D eigenvalue weighted by Gasteiger charge is -2.20. The quantitative estimate of drug-likeness (QED) is 0.911. The molecule has 1 saturated heterocycles. The Morgan fingerprint density at radius 1 is 1.42 bits per heavy atom. The Kier molecular flexibility index (Phi) is 3.34. The number of benzene rings is 1. The third-order valence-corrected chi connectivity index (χ3v) is 3.87. The Morgan fingerprint density at radius 3 is 3.05 bits per heavy atom. The van der Waals surface area contributed by atoms with Gasteiger partial charge in [0.15, 0.2) is 0 Å². The summed E-state index contributed by atoms with van der Waals surface area (Å²) in [6.07, 6.45) is 1.40. The van der Waals surface area contributed by atoms with Gasteiger partial charge in [0.05, 0.1) is 11.2 Å². The second kappa shape index (κ2) is 5.13. The molecule has 1 aliphatic rings. The molecule has 1 aromatic carbocycles. The lowest BCUT2D eigenvalue weighted by molar-refractivity contribution is -0.123. The van der Waals surface area contributed by atoms with Crippen molar-refractivity contribution in [3.63, 3.8) is 0 Å². The zero-order valence-electron chi connectivity index (χ0n) is 11.2. The molecule has 2 aromatic rings. The summed E-state index contributed by atoms with van der Waals surface area (Å²) in [5, 5.41) is 9.16. The van der Waals surface area contributed by atoms with Gasteiger partial charge in [-0.15, -0.1) is 0 Å². The maximum atomic E-state index is 11.9. The van der Waals surface area contributed by atoms with Crippen LogP contribution in [0.4, 0.5) is 0 Å². The molecule has 4 heteroatoms. The van der Waals surface area contributed by atoms with Crippen molar-refractivity contribution >= 4 is 16.7 Å². The number of hydrogen-bond donors (Lipinski definition) is 1.